The highest BCUT2D eigenvalue weighted by molar-refractivity contribution is 4.97. The van der Waals surface area contributed by atoms with Gasteiger partial charge in [-0.3, -0.25) is 4.68 Å². The zero-order chi connectivity index (χ0) is 9.68. The van der Waals surface area contributed by atoms with E-state index >= 15 is 0 Å². The third kappa shape index (κ3) is 2.78. The quantitative estimate of drug-likeness (QED) is 0.671. The fourth-order valence-corrected chi connectivity index (χ4v) is 1.08. The average Bonchev–Trinajstić information content (AvgIpc) is 2.51. The molecular weight excluding hydrogens is 170 g/mol. The Labute approximate surface area is 77.6 Å². The summed E-state index contributed by atoms with van der Waals surface area (Å²) in [6.45, 7) is 3.09. The zero-order valence-electron chi connectivity index (χ0n) is 8.23. The smallest absolute Gasteiger partial charge is 0.126 e. The van der Waals surface area contributed by atoms with E-state index in [1.54, 1.807) is 11.8 Å². The van der Waals surface area contributed by atoms with Crippen LogP contribution in [0.2, 0.25) is 0 Å². The van der Waals surface area contributed by atoms with Crippen LogP contribution in [0.3, 0.4) is 0 Å². The zero-order valence-corrected chi connectivity index (χ0v) is 8.23. The van der Waals surface area contributed by atoms with Crippen molar-refractivity contribution >= 4 is 0 Å². The van der Waals surface area contributed by atoms with Gasteiger partial charge in [-0.1, -0.05) is 5.21 Å². The van der Waals surface area contributed by atoms with E-state index in [0.29, 0.717) is 13.2 Å². The topological polar surface area (TPSA) is 49.2 Å². The van der Waals surface area contributed by atoms with Crippen molar-refractivity contribution in [2.45, 2.75) is 13.0 Å². The Bertz CT molecular complexity index is 243. The van der Waals surface area contributed by atoms with E-state index in [-0.39, 0.29) is 6.10 Å². The Hall–Kier alpha value is -0.940. The molecule has 74 valence electrons. The van der Waals surface area contributed by atoms with Crippen molar-refractivity contribution in [2.24, 2.45) is 7.05 Å². The van der Waals surface area contributed by atoms with Crippen LogP contribution in [0.5, 0.6) is 0 Å². The first-order valence-electron chi connectivity index (χ1n) is 4.24. The van der Waals surface area contributed by atoms with Gasteiger partial charge in [0.25, 0.3) is 0 Å². The molecule has 0 spiro atoms. The van der Waals surface area contributed by atoms with E-state index in [0.717, 1.165) is 5.69 Å². The van der Waals surface area contributed by atoms with Crippen LogP contribution < -0.4 is 0 Å². The summed E-state index contributed by atoms with van der Waals surface area (Å²) in [5.41, 5.74) is 0.811. The molecule has 0 saturated heterocycles. The van der Waals surface area contributed by atoms with E-state index in [4.69, 9.17) is 9.47 Å². The van der Waals surface area contributed by atoms with Gasteiger partial charge in [0.1, 0.15) is 11.8 Å². The minimum atomic E-state index is -0.108. The number of nitrogens with zero attached hydrogens (tertiary/aromatic N) is 3. The Morgan fingerprint density at radius 2 is 2.38 bits per heavy atom. The maximum atomic E-state index is 5.44. The number of ether oxygens (including phenoxy) is 2. The molecule has 0 saturated carbocycles. The minimum Gasteiger partial charge on any atom is -0.382 e. The molecule has 1 heterocycles. The Morgan fingerprint density at radius 1 is 1.62 bits per heavy atom. The van der Waals surface area contributed by atoms with Crippen LogP contribution in [-0.2, 0) is 16.5 Å². The van der Waals surface area contributed by atoms with E-state index < -0.39 is 0 Å². The van der Waals surface area contributed by atoms with Crippen LogP contribution in [0.4, 0.5) is 0 Å². The first-order chi connectivity index (χ1) is 6.27. The molecule has 0 aromatic carbocycles. The Morgan fingerprint density at radius 3 is 2.85 bits per heavy atom. The van der Waals surface area contributed by atoms with Gasteiger partial charge in [-0.2, -0.15) is 0 Å². The summed E-state index contributed by atoms with van der Waals surface area (Å²) in [5.74, 6) is 0. The molecule has 0 aliphatic heterocycles. The molecule has 1 unspecified atom stereocenters. The standard InChI is InChI=1S/C8H15N3O2/c1-4-13-8(6-12-3)7-5-11(2)10-9-7/h5,8H,4,6H2,1-3H3. The second-order valence-electron chi connectivity index (χ2n) is 2.72. The molecule has 5 nitrogen and oxygen atoms in total. The van der Waals surface area contributed by atoms with Gasteiger partial charge in [0.2, 0.25) is 0 Å². The summed E-state index contributed by atoms with van der Waals surface area (Å²) in [6, 6.07) is 0. The number of aryl methyl sites for hydroxylation is 1. The lowest BCUT2D eigenvalue weighted by atomic mass is 10.3. The van der Waals surface area contributed by atoms with Crippen LogP contribution in [0.1, 0.15) is 18.7 Å². The van der Waals surface area contributed by atoms with E-state index in [1.807, 2.05) is 20.2 Å². The first-order valence-corrected chi connectivity index (χ1v) is 4.24. The van der Waals surface area contributed by atoms with Crippen molar-refractivity contribution in [3.8, 4) is 0 Å². The molecule has 0 N–H and O–H groups in total. The second-order valence-corrected chi connectivity index (χ2v) is 2.72. The van der Waals surface area contributed by atoms with Gasteiger partial charge in [-0.25, -0.2) is 0 Å². The molecule has 0 amide bonds. The third-order valence-electron chi connectivity index (χ3n) is 1.64. The highest BCUT2D eigenvalue weighted by atomic mass is 16.5. The van der Waals surface area contributed by atoms with Crippen molar-refractivity contribution in [1.29, 1.82) is 0 Å². The van der Waals surface area contributed by atoms with Crippen molar-refractivity contribution < 1.29 is 9.47 Å². The molecule has 0 fully saturated rings. The van der Waals surface area contributed by atoms with Gasteiger partial charge < -0.3 is 9.47 Å². The van der Waals surface area contributed by atoms with Crippen molar-refractivity contribution in [3.63, 3.8) is 0 Å². The second kappa shape index (κ2) is 4.94. The lowest BCUT2D eigenvalue weighted by Crippen LogP contribution is -2.11. The molecule has 5 heteroatoms. The number of hydrogen-bond donors (Lipinski definition) is 0. The summed E-state index contributed by atoms with van der Waals surface area (Å²) in [7, 11) is 3.47. The Kier molecular flexibility index (Phi) is 3.85. The number of rotatable bonds is 5. The monoisotopic (exact) mass is 185 g/mol. The van der Waals surface area contributed by atoms with Gasteiger partial charge in [-0.05, 0) is 6.92 Å². The number of aromatic nitrogens is 3. The molecule has 0 radical (unpaired) electrons. The molecular formula is C8H15N3O2. The fourth-order valence-electron chi connectivity index (χ4n) is 1.08. The first kappa shape index (κ1) is 10.1. The molecule has 0 aliphatic carbocycles. The van der Waals surface area contributed by atoms with E-state index in [9.17, 15) is 0 Å². The van der Waals surface area contributed by atoms with Gasteiger partial charge in [-0.15, -0.1) is 5.10 Å². The fraction of sp³-hybridized carbons (Fsp3) is 0.750. The van der Waals surface area contributed by atoms with Crippen LogP contribution in [-0.4, -0.2) is 35.3 Å². The maximum Gasteiger partial charge on any atom is 0.126 e. The predicted octanol–water partition coefficient (Wildman–Crippen LogP) is 0.539. The molecule has 1 aromatic heterocycles. The maximum absolute atomic E-state index is 5.44. The van der Waals surface area contributed by atoms with Crippen LogP contribution >= 0.6 is 0 Å². The lowest BCUT2D eigenvalue weighted by Gasteiger charge is -2.12. The van der Waals surface area contributed by atoms with E-state index in [2.05, 4.69) is 10.3 Å². The SMILES string of the molecule is CCOC(COC)c1cn(C)nn1. The van der Waals surface area contributed by atoms with Crippen LogP contribution in [0, 0.1) is 0 Å². The summed E-state index contributed by atoms with van der Waals surface area (Å²) < 4.78 is 12.1. The summed E-state index contributed by atoms with van der Waals surface area (Å²) >= 11 is 0. The van der Waals surface area contributed by atoms with Crippen LogP contribution in [0.15, 0.2) is 6.20 Å². The summed E-state index contributed by atoms with van der Waals surface area (Å²) in [5, 5.41) is 7.79. The summed E-state index contributed by atoms with van der Waals surface area (Å²) in [6.07, 6.45) is 1.72. The molecule has 1 rings (SSSR count). The molecule has 1 aromatic rings. The van der Waals surface area contributed by atoms with E-state index in [1.165, 1.54) is 0 Å². The van der Waals surface area contributed by atoms with Gasteiger partial charge in [0, 0.05) is 20.8 Å². The van der Waals surface area contributed by atoms with Crippen LogP contribution in [0.25, 0.3) is 0 Å². The van der Waals surface area contributed by atoms with Crippen molar-refractivity contribution in [2.75, 3.05) is 20.3 Å². The van der Waals surface area contributed by atoms with Gasteiger partial charge in [0.15, 0.2) is 0 Å². The van der Waals surface area contributed by atoms with Crippen molar-refractivity contribution in [3.05, 3.63) is 11.9 Å². The third-order valence-corrected chi connectivity index (χ3v) is 1.64. The van der Waals surface area contributed by atoms with Crippen molar-refractivity contribution in [1.82, 2.24) is 15.0 Å². The predicted molar refractivity (Wildman–Crippen MR) is 47.2 cm³/mol. The molecule has 1 atom stereocenters. The van der Waals surface area contributed by atoms with Gasteiger partial charge >= 0.3 is 0 Å². The number of hydrogen-bond acceptors (Lipinski definition) is 4. The summed E-state index contributed by atoms with van der Waals surface area (Å²) in [4.78, 5) is 0. The lowest BCUT2D eigenvalue weighted by molar-refractivity contribution is 0.000319. The van der Waals surface area contributed by atoms with Gasteiger partial charge in [0.05, 0.1) is 12.8 Å². The molecule has 0 aliphatic rings. The largest absolute Gasteiger partial charge is 0.382 e. The highest BCUT2D eigenvalue weighted by Crippen LogP contribution is 2.13. The molecule has 0 bridgehead atoms. The Balaban J connectivity index is 2.63. The minimum absolute atomic E-state index is 0.108. The molecule has 13 heavy (non-hydrogen) atoms. The average molecular weight is 185 g/mol. The normalized spacial score (nSPS) is 13.2. The highest BCUT2D eigenvalue weighted by Gasteiger charge is 2.14. The number of methoxy groups -OCH3 is 1.